The van der Waals surface area contributed by atoms with Crippen LogP contribution in [0, 0.1) is 13.8 Å². The number of anilines is 1. The maximum Gasteiger partial charge on any atom is 0.251 e. The summed E-state index contributed by atoms with van der Waals surface area (Å²) in [6.07, 6.45) is 0.136. The van der Waals surface area contributed by atoms with Gasteiger partial charge < -0.3 is 10.6 Å². The monoisotopic (exact) mass is 450 g/mol. The SMILES string of the molecule is Cc1cc(Br)cc(C)c1NC(=O)CC(NC(=O)c1ccccc1)c1ccccc1. The van der Waals surface area contributed by atoms with E-state index < -0.39 is 6.04 Å². The molecular formula is C24H23BrN2O2. The standard InChI is InChI=1S/C24H23BrN2O2/c1-16-13-20(25)14-17(2)23(16)27-22(28)15-21(18-9-5-3-6-10-18)26-24(29)19-11-7-4-8-12-19/h3-14,21H,15H2,1-2H3,(H,26,29)(H,27,28). The van der Waals surface area contributed by atoms with Gasteiger partial charge in [-0.1, -0.05) is 64.5 Å². The van der Waals surface area contributed by atoms with Gasteiger partial charge in [-0.05, 0) is 54.8 Å². The molecule has 29 heavy (non-hydrogen) atoms. The highest BCUT2D eigenvalue weighted by Gasteiger charge is 2.20. The molecule has 0 aliphatic heterocycles. The maximum absolute atomic E-state index is 12.8. The highest BCUT2D eigenvalue weighted by atomic mass is 79.9. The van der Waals surface area contributed by atoms with Crippen molar-refractivity contribution in [3.63, 3.8) is 0 Å². The van der Waals surface area contributed by atoms with Crippen molar-refractivity contribution < 1.29 is 9.59 Å². The van der Waals surface area contributed by atoms with Crippen LogP contribution >= 0.6 is 15.9 Å². The molecule has 0 aromatic heterocycles. The van der Waals surface area contributed by atoms with Crippen LogP contribution in [0.25, 0.3) is 0 Å². The number of halogens is 1. The first-order chi connectivity index (χ1) is 13.9. The summed E-state index contributed by atoms with van der Waals surface area (Å²) in [6, 6.07) is 22.1. The molecule has 4 nitrogen and oxygen atoms in total. The molecule has 5 heteroatoms. The number of rotatable bonds is 6. The molecule has 148 valence electrons. The number of aryl methyl sites for hydroxylation is 2. The summed E-state index contributed by atoms with van der Waals surface area (Å²) in [6.45, 7) is 3.92. The third kappa shape index (κ3) is 5.55. The summed E-state index contributed by atoms with van der Waals surface area (Å²) in [5, 5.41) is 6.01. The topological polar surface area (TPSA) is 58.2 Å². The molecular weight excluding hydrogens is 428 g/mol. The highest BCUT2D eigenvalue weighted by Crippen LogP contribution is 2.26. The zero-order chi connectivity index (χ0) is 20.8. The first-order valence-corrected chi connectivity index (χ1v) is 10.2. The molecule has 0 aliphatic rings. The molecule has 0 bridgehead atoms. The van der Waals surface area contributed by atoms with E-state index in [2.05, 4.69) is 26.6 Å². The average molecular weight is 451 g/mol. The van der Waals surface area contributed by atoms with Gasteiger partial charge in [0.2, 0.25) is 5.91 Å². The number of hydrogen-bond donors (Lipinski definition) is 2. The van der Waals surface area contributed by atoms with Crippen LogP contribution in [0.1, 0.15) is 39.5 Å². The Bertz CT molecular complexity index is 981. The molecule has 0 spiro atoms. The number of nitrogens with one attached hydrogen (secondary N) is 2. The number of benzene rings is 3. The Balaban J connectivity index is 1.78. The van der Waals surface area contributed by atoms with Crippen LogP contribution in [0.4, 0.5) is 5.69 Å². The molecule has 0 radical (unpaired) electrons. The van der Waals surface area contributed by atoms with Crippen molar-refractivity contribution in [3.8, 4) is 0 Å². The molecule has 2 N–H and O–H groups in total. The van der Waals surface area contributed by atoms with Crippen LogP contribution in [0.3, 0.4) is 0 Å². The first kappa shape index (κ1) is 20.8. The van der Waals surface area contributed by atoms with Crippen LogP contribution in [-0.4, -0.2) is 11.8 Å². The predicted molar refractivity (Wildman–Crippen MR) is 120 cm³/mol. The van der Waals surface area contributed by atoms with Crippen molar-refractivity contribution >= 4 is 33.4 Å². The van der Waals surface area contributed by atoms with Crippen LogP contribution in [0.2, 0.25) is 0 Å². The second-order valence-corrected chi connectivity index (χ2v) is 7.89. The van der Waals surface area contributed by atoms with Crippen LogP contribution < -0.4 is 10.6 Å². The molecule has 0 saturated heterocycles. The second-order valence-electron chi connectivity index (χ2n) is 6.97. The van der Waals surface area contributed by atoms with Crippen molar-refractivity contribution in [2.45, 2.75) is 26.3 Å². The summed E-state index contributed by atoms with van der Waals surface area (Å²) < 4.78 is 0.975. The fraction of sp³-hybridized carbons (Fsp3) is 0.167. The van der Waals surface area contributed by atoms with Crippen molar-refractivity contribution in [3.05, 3.63) is 99.5 Å². The van der Waals surface area contributed by atoms with E-state index in [-0.39, 0.29) is 18.2 Å². The lowest BCUT2D eigenvalue weighted by Crippen LogP contribution is -2.31. The van der Waals surface area contributed by atoms with Gasteiger partial charge in [0.1, 0.15) is 0 Å². The third-order valence-corrected chi connectivity index (χ3v) is 5.15. The Hall–Kier alpha value is -2.92. The van der Waals surface area contributed by atoms with Crippen molar-refractivity contribution in [1.82, 2.24) is 5.32 Å². The molecule has 3 aromatic rings. The van der Waals surface area contributed by atoms with Gasteiger partial charge in [0.05, 0.1) is 12.5 Å². The Kier molecular flexibility index (Phi) is 6.83. The molecule has 3 rings (SSSR count). The van der Waals surface area contributed by atoms with Crippen LogP contribution in [0.15, 0.2) is 77.3 Å². The molecule has 0 saturated carbocycles. The van der Waals surface area contributed by atoms with Gasteiger partial charge in [-0.3, -0.25) is 9.59 Å². The zero-order valence-corrected chi connectivity index (χ0v) is 18.0. The fourth-order valence-corrected chi connectivity index (χ4v) is 3.94. The number of carbonyl (C=O) groups is 2. The van der Waals surface area contributed by atoms with E-state index >= 15 is 0 Å². The van der Waals surface area contributed by atoms with Crippen molar-refractivity contribution in [1.29, 1.82) is 0 Å². The smallest absolute Gasteiger partial charge is 0.251 e. The number of hydrogen-bond acceptors (Lipinski definition) is 2. The minimum Gasteiger partial charge on any atom is -0.345 e. The summed E-state index contributed by atoms with van der Waals surface area (Å²) in [5.41, 5.74) is 4.22. The molecule has 1 unspecified atom stereocenters. The summed E-state index contributed by atoms with van der Waals surface area (Å²) in [4.78, 5) is 25.5. The summed E-state index contributed by atoms with van der Waals surface area (Å²) >= 11 is 3.47. The largest absolute Gasteiger partial charge is 0.345 e. The van der Waals surface area contributed by atoms with E-state index in [1.807, 2.05) is 74.5 Å². The molecule has 0 fully saturated rings. The second kappa shape index (κ2) is 9.52. The van der Waals surface area contributed by atoms with Gasteiger partial charge in [0.15, 0.2) is 0 Å². The van der Waals surface area contributed by atoms with Crippen molar-refractivity contribution in [2.75, 3.05) is 5.32 Å². The van der Waals surface area contributed by atoms with Crippen molar-refractivity contribution in [2.24, 2.45) is 0 Å². The summed E-state index contributed by atoms with van der Waals surface area (Å²) in [7, 11) is 0. The van der Waals surface area contributed by atoms with E-state index in [0.29, 0.717) is 5.56 Å². The quantitative estimate of drug-likeness (QED) is 0.515. The van der Waals surface area contributed by atoms with Gasteiger partial charge in [0.25, 0.3) is 5.91 Å². The number of carbonyl (C=O) groups excluding carboxylic acids is 2. The van der Waals surface area contributed by atoms with Crippen LogP contribution in [-0.2, 0) is 4.79 Å². The van der Waals surface area contributed by atoms with Gasteiger partial charge in [-0.2, -0.15) is 0 Å². The first-order valence-electron chi connectivity index (χ1n) is 9.41. The van der Waals surface area contributed by atoms with Crippen LogP contribution in [0.5, 0.6) is 0 Å². The minimum absolute atomic E-state index is 0.136. The van der Waals surface area contributed by atoms with Gasteiger partial charge >= 0.3 is 0 Å². The van der Waals surface area contributed by atoms with E-state index in [1.54, 1.807) is 12.1 Å². The third-order valence-electron chi connectivity index (χ3n) is 4.69. The average Bonchev–Trinajstić information content (AvgIpc) is 2.71. The Morgan fingerprint density at radius 1 is 0.897 bits per heavy atom. The normalized spacial score (nSPS) is 11.6. The molecule has 1 atom stereocenters. The number of amides is 2. The van der Waals surface area contributed by atoms with E-state index in [1.165, 1.54) is 0 Å². The van der Waals surface area contributed by atoms with E-state index in [0.717, 1.165) is 26.9 Å². The summed E-state index contributed by atoms with van der Waals surface area (Å²) in [5.74, 6) is -0.357. The van der Waals surface area contributed by atoms with E-state index in [4.69, 9.17) is 0 Å². The Morgan fingerprint density at radius 2 is 1.45 bits per heavy atom. The molecule has 2 amide bonds. The minimum atomic E-state index is -0.431. The molecule has 0 heterocycles. The molecule has 3 aromatic carbocycles. The van der Waals surface area contributed by atoms with E-state index in [9.17, 15) is 9.59 Å². The lowest BCUT2D eigenvalue weighted by molar-refractivity contribution is -0.116. The highest BCUT2D eigenvalue weighted by molar-refractivity contribution is 9.10. The lowest BCUT2D eigenvalue weighted by Gasteiger charge is -2.20. The van der Waals surface area contributed by atoms with Gasteiger partial charge in [-0.15, -0.1) is 0 Å². The lowest BCUT2D eigenvalue weighted by atomic mass is 10.0. The predicted octanol–water partition coefficient (Wildman–Crippen LogP) is 5.57. The molecule has 0 aliphatic carbocycles. The van der Waals surface area contributed by atoms with Gasteiger partial charge in [-0.25, -0.2) is 0 Å². The zero-order valence-electron chi connectivity index (χ0n) is 16.4. The maximum atomic E-state index is 12.8. The van der Waals surface area contributed by atoms with Gasteiger partial charge in [0, 0.05) is 15.7 Å². The Labute approximate surface area is 179 Å². The Morgan fingerprint density at radius 3 is 2.03 bits per heavy atom. The fourth-order valence-electron chi connectivity index (χ4n) is 3.25.